The van der Waals surface area contributed by atoms with E-state index in [1.165, 1.54) is 0 Å². The normalized spacial score (nSPS) is 16.5. The van der Waals surface area contributed by atoms with Crippen molar-refractivity contribution >= 4 is 23.4 Å². The number of rotatable bonds is 3. The van der Waals surface area contributed by atoms with Crippen molar-refractivity contribution in [1.29, 1.82) is 0 Å². The number of aryl methyl sites for hydroxylation is 1. The number of anilines is 1. The molecule has 0 amide bonds. The lowest BCUT2D eigenvalue weighted by atomic mass is 9.97. The summed E-state index contributed by atoms with van der Waals surface area (Å²) in [6.45, 7) is 5.67. The molecule has 2 rings (SSSR count). The van der Waals surface area contributed by atoms with E-state index < -0.39 is 0 Å². The molecule has 0 radical (unpaired) electrons. The Bertz CT molecular complexity index is 439. The third kappa shape index (κ3) is 3.56. The minimum atomic E-state index is -0.0842. The van der Waals surface area contributed by atoms with E-state index in [0.29, 0.717) is 17.6 Å². The molecule has 0 aliphatic carbocycles. The van der Waals surface area contributed by atoms with E-state index in [0.717, 1.165) is 31.7 Å². The van der Waals surface area contributed by atoms with Gasteiger partial charge in [0.1, 0.15) is 16.8 Å². The van der Waals surface area contributed by atoms with Crippen molar-refractivity contribution in [2.24, 2.45) is 5.92 Å². The largest absolute Gasteiger partial charge is 0.466 e. The first kappa shape index (κ1) is 14.1. The third-order valence-electron chi connectivity index (χ3n) is 3.23. The second-order valence-electron chi connectivity index (χ2n) is 4.61. The molecule has 0 aromatic carbocycles. The van der Waals surface area contributed by atoms with Crippen LogP contribution in [0.25, 0.3) is 0 Å². The number of ether oxygens (including phenoxy) is 1. The molecule has 0 saturated carbocycles. The molecule has 1 aromatic heterocycles. The predicted octanol–water partition coefficient (Wildman–Crippen LogP) is 2.22. The van der Waals surface area contributed by atoms with E-state index in [1.54, 1.807) is 6.07 Å². The number of carbonyl (C=O) groups is 1. The lowest BCUT2D eigenvalue weighted by Gasteiger charge is -2.31. The smallest absolute Gasteiger partial charge is 0.309 e. The van der Waals surface area contributed by atoms with Crippen LogP contribution in [0.2, 0.25) is 5.15 Å². The maximum Gasteiger partial charge on any atom is 0.309 e. The van der Waals surface area contributed by atoms with Gasteiger partial charge in [0.05, 0.1) is 12.5 Å². The zero-order valence-corrected chi connectivity index (χ0v) is 12.0. The highest BCUT2D eigenvalue weighted by atomic mass is 35.5. The lowest BCUT2D eigenvalue weighted by molar-refractivity contribution is -0.148. The molecule has 2 heterocycles. The van der Waals surface area contributed by atoms with Crippen LogP contribution in [0, 0.1) is 12.8 Å². The molecule has 0 unspecified atom stereocenters. The molecule has 19 heavy (non-hydrogen) atoms. The third-order valence-corrected chi connectivity index (χ3v) is 3.43. The standard InChI is InChI=1S/C13H18ClN3O2/c1-3-19-13(18)10-4-6-17(7-5-10)12-8-11(14)15-9(2)16-12/h8,10H,3-7H2,1-2H3. The highest BCUT2D eigenvalue weighted by molar-refractivity contribution is 6.29. The van der Waals surface area contributed by atoms with Crippen LogP contribution in [0.1, 0.15) is 25.6 Å². The van der Waals surface area contributed by atoms with Gasteiger partial charge in [0.25, 0.3) is 0 Å². The number of hydrogen-bond acceptors (Lipinski definition) is 5. The Morgan fingerprint density at radius 2 is 2.16 bits per heavy atom. The molecule has 1 aliphatic rings. The second kappa shape index (κ2) is 6.19. The summed E-state index contributed by atoms with van der Waals surface area (Å²) >= 11 is 5.94. The fourth-order valence-electron chi connectivity index (χ4n) is 2.28. The first-order chi connectivity index (χ1) is 9.10. The van der Waals surface area contributed by atoms with E-state index in [4.69, 9.17) is 16.3 Å². The van der Waals surface area contributed by atoms with Crippen LogP contribution in [-0.4, -0.2) is 35.6 Å². The fraction of sp³-hybridized carbons (Fsp3) is 0.615. The van der Waals surface area contributed by atoms with Crippen LogP contribution >= 0.6 is 11.6 Å². The monoisotopic (exact) mass is 283 g/mol. The summed E-state index contributed by atoms with van der Waals surface area (Å²) in [4.78, 5) is 22.2. The van der Waals surface area contributed by atoms with Crippen LogP contribution in [0.5, 0.6) is 0 Å². The highest BCUT2D eigenvalue weighted by Crippen LogP contribution is 2.24. The highest BCUT2D eigenvalue weighted by Gasteiger charge is 2.26. The zero-order chi connectivity index (χ0) is 13.8. The van der Waals surface area contributed by atoms with Crippen molar-refractivity contribution < 1.29 is 9.53 Å². The average Bonchev–Trinajstić information content (AvgIpc) is 2.38. The summed E-state index contributed by atoms with van der Waals surface area (Å²) < 4.78 is 5.06. The molecule has 1 aliphatic heterocycles. The summed E-state index contributed by atoms with van der Waals surface area (Å²) in [5.41, 5.74) is 0. The van der Waals surface area contributed by atoms with Crippen molar-refractivity contribution in [3.63, 3.8) is 0 Å². The minimum Gasteiger partial charge on any atom is -0.466 e. The Hall–Kier alpha value is -1.36. The predicted molar refractivity (Wildman–Crippen MR) is 73.3 cm³/mol. The van der Waals surface area contributed by atoms with Crippen LogP contribution in [-0.2, 0) is 9.53 Å². The Balaban J connectivity index is 1.97. The van der Waals surface area contributed by atoms with E-state index in [-0.39, 0.29) is 11.9 Å². The fourth-order valence-corrected chi connectivity index (χ4v) is 2.50. The molecule has 1 aromatic rings. The first-order valence-electron chi connectivity index (χ1n) is 6.53. The number of esters is 1. The average molecular weight is 284 g/mol. The quantitative estimate of drug-likeness (QED) is 0.629. The number of aromatic nitrogens is 2. The Morgan fingerprint density at radius 3 is 2.74 bits per heavy atom. The Morgan fingerprint density at radius 1 is 1.47 bits per heavy atom. The second-order valence-corrected chi connectivity index (χ2v) is 5.00. The summed E-state index contributed by atoms with van der Waals surface area (Å²) in [5.74, 6) is 1.42. The number of nitrogens with zero attached hydrogens (tertiary/aromatic N) is 3. The van der Waals surface area contributed by atoms with Crippen molar-refractivity contribution in [3.8, 4) is 0 Å². The van der Waals surface area contributed by atoms with Crippen molar-refractivity contribution in [1.82, 2.24) is 9.97 Å². The van der Waals surface area contributed by atoms with Crippen LogP contribution in [0.3, 0.4) is 0 Å². The first-order valence-corrected chi connectivity index (χ1v) is 6.90. The topological polar surface area (TPSA) is 55.3 Å². The zero-order valence-electron chi connectivity index (χ0n) is 11.2. The van der Waals surface area contributed by atoms with E-state index in [9.17, 15) is 4.79 Å². The van der Waals surface area contributed by atoms with E-state index in [2.05, 4.69) is 14.9 Å². The van der Waals surface area contributed by atoms with Gasteiger partial charge in [0.2, 0.25) is 0 Å². The molecule has 1 fully saturated rings. The van der Waals surface area contributed by atoms with Gasteiger partial charge >= 0.3 is 5.97 Å². The minimum absolute atomic E-state index is 0.00889. The van der Waals surface area contributed by atoms with Crippen LogP contribution in [0.15, 0.2) is 6.07 Å². The molecule has 0 bridgehead atoms. The molecule has 0 N–H and O–H groups in total. The Labute approximate surface area is 117 Å². The maximum absolute atomic E-state index is 11.7. The summed E-state index contributed by atoms with van der Waals surface area (Å²) in [6, 6.07) is 1.76. The van der Waals surface area contributed by atoms with Gasteiger partial charge in [-0.1, -0.05) is 11.6 Å². The van der Waals surface area contributed by atoms with E-state index in [1.807, 2.05) is 13.8 Å². The van der Waals surface area contributed by atoms with Gasteiger partial charge in [0, 0.05) is 19.2 Å². The van der Waals surface area contributed by atoms with Crippen molar-refractivity contribution in [2.45, 2.75) is 26.7 Å². The molecular weight excluding hydrogens is 266 g/mol. The molecule has 6 heteroatoms. The van der Waals surface area contributed by atoms with Crippen LogP contribution < -0.4 is 4.90 Å². The molecule has 5 nitrogen and oxygen atoms in total. The molecule has 1 saturated heterocycles. The van der Waals surface area contributed by atoms with Gasteiger partial charge in [-0.3, -0.25) is 4.79 Å². The van der Waals surface area contributed by atoms with Gasteiger partial charge in [-0.05, 0) is 26.7 Å². The summed E-state index contributed by atoms with van der Waals surface area (Å²) in [5, 5.41) is 0.454. The summed E-state index contributed by atoms with van der Waals surface area (Å²) in [7, 11) is 0. The van der Waals surface area contributed by atoms with Gasteiger partial charge in [-0.2, -0.15) is 0 Å². The molecular formula is C13H18ClN3O2. The van der Waals surface area contributed by atoms with Gasteiger partial charge in [-0.25, -0.2) is 9.97 Å². The summed E-state index contributed by atoms with van der Waals surface area (Å²) in [6.07, 6.45) is 1.58. The van der Waals surface area contributed by atoms with Gasteiger partial charge in [-0.15, -0.1) is 0 Å². The molecule has 0 atom stereocenters. The number of hydrogen-bond donors (Lipinski definition) is 0. The van der Waals surface area contributed by atoms with Gasteiger partial charge in [0.15, 0.2) is 0 Å². The number of piperidine rings is 1. The van der Waals surface area contributed by atoms with Crippen LogP contribution in [0.4, 0.5) is 5.82 Å². The lowest BCUT2D eigenvalue weighted by Crippen LogP contribution is -2.37. The van der Waals surface area contributed by atoms with E-state index >= 15 is 0 Å². The number of carbonyl (C=O) groups excluding carboxylic acids is 1. The number of halogens is 1. The molecule has 104 valence electrons. The Kier molecular flexibility index (Phi) is 4.58. The SMILES string of the molecule is CCOC(=O)C1CCN(c2cc(Cl)nc(C)n2)CC1. The molecule has 0 spiro atoms. The van der Waals surface area contributed by atoms with Crippen molar-refractivity contribution in [3.05, 3.63) is 17.0 Å². The van der Waals surface area contributed by atoms with Crippen molar-refractivity contribution in [2.75, 3.05) is 24.6 Å². The van der Waals surface area contributed by atoms with Gasteiger partial charge < -0.3 is 9.64 Å². The maximum atomic E-state index is 11.7.